The maximum absolute atomic E-state index is 10.2. The molecule has 1 rings (SSSR count). The van der Waals surface area contributed by atoms with Gasteiger partial charge in [0.05, 0.1) is 5.56 Å². The standard InChI is InChI=1S/C7H6O2.5FH/c8-7(9)6-4-2-1-3-5-6;;;;;/h1-5H,(H,8,9);5*1H. The number of aromatic carboxylic acids is 1. The van der Waals surface area contributed by atoms with Gasteiger partial charge in [0.1, 0.15) is 0 Å². The van der Waals surface area contributed by atoms with Crippen molar-refractivity contribution < 1.29 is 33.4 Å². The third-order valence-corrected chi connectivity index (χ3v) is 1.02. The Balaban J connectivity index is -0.0000000540. The number of carboxylic acids is 1. The summed E-state index contributed by atoms with van der Waals surface area (Å²) in [6, 6.07) is 8.30. The lowest BCUT2D eigenvalue weighted by molar-refractivity contribution is 0.0697. The summed E-state index contributed by atoms with van der Waals surface area (Å²) >= 11 is 0. The summed E-state index contributed by atoms with van der Waals surface area (Å²) in [6.45, 7) is 0. The van der Waals surface area contributed by atoms with Crippen LogP contribution in [0.1, 0.15) is 10.4 Å². The smallest absolute Gasteiger partial charge is 0.335 e. The molecule has 7 heteroatoms. The Labute approximate surface area is 76.4 Å². The number of carboxylic acid groups (broad SMARTS) is 1. The Bertz CT molecular complexity index is 217. The van der Waals surface area contributed by atoms with E-state index in [1.54, 1.807) is 30.3 Å². The van der Waals surface area contributed by atoms with Crippen molar-refractivity contribution in [2.45, 2.75) is 0 Å². The van der Waals surface area contributed by atoms with Gasteiger partial charge < -0.3 is 5.11 Å². The Morgan fingerprint density at radius 3 is 1.43 bits per heavy atom. The Hall–Kier alpha value is -1.66. The van der Waals surface area contributed by atoms with Crippen LogP contribution in [0.4, 0.5) is 23.5 Å². The minimum Gasteiger partial charge on any atom is -0.478 e. The molecule has 0 saturated carbocycles. The average molecular weight is 222 g/mol. The number of hydrogen-bond donors (Lipinski definition) is 1. The highest BCUT2D eigenvalue weighted by Gasteiger charge is 1.96. The van der Waals surface area contributed by atoms with E-state index in [4.69, 9.17) is 5.11 Å². The topological polar surface area (TPSA) is 37.3 Å². The molecule has 0 aromatic heterocycles. The molecule has 0 aliphatic rings. The van der Waals surface area contributed by atoms with Crippen LogP contribution in [0.2, 0.25) is 0 Å². The van der Waals surface area contributed by atoms with Crippen LogP contribution in [0.5, 0.6) is 0 Å². The van der Waals surface area contributed by atoms with Crippen LogP contribution in [0.3, 0.4) is 0 Å². The number of carbonyl (C=O) groups is 1. The number of hydrogen-bond acceptors (Lipinski definition) is 1. The summed E-state index contributed by atoms with van der Waals surface area (Å²) in [7, 11) is 0. The van der Waals surface area contributed by atoms with E-state index >= 15 is 0 Å². The normalized spacial score (nSPS) is 5.71. The van der Waals surface area contributed by atoms with Gasteiger partial charge >= 0.3 is 5.97 Å². The molecule has 0 amide bonds. The van der Waals surface area contributed by atoms with E-state index in [9.17, 15) is 4.79 Å². The lowest BCUT2D eigenvalue weighted by Gasteiger charge is -1.88. The van der Waals surface area contributed by atoms with E-state index in [-0.39, 0.29) is 23.5 Å². The fourth-order valence-electron chi connectivity index (χ4n) is 0.581. The van der Waals surface area contributed by atoms with E-state index in [1.165, 1.54) is 0 Å². The van der Waals surface area contributed by atoms with Gasteiger partial charge in [0.25, 0.3) is 0 Å². The molecule has 0 radical (unpaired) electrons. The summed E-state index contributed by atoms with van der Waals surface area (Å²) in [6.07, 6.45) is 0. The molecule has 0 unspecified atom stereocenters. The van der Waals surface area contributed by atoms with Gasteiger partial charge in [-0.15, -0.1) is 0 Å². The summed E-state index contributed by atoms with van der Waals surface area (Å²) in [5.74, 6) is -0.879. The van der Waals surface area contributed by atoms with E-state index in [0.29, 0.717) is 5.56 Å². The molecule has 1 aromatic rings. The summed E-state index contributed by atoms with van der Waals surface area (Å²) in [5, 5.41) is 8.38. The van der Waals surface area contributed by atoms with Crippen LogP contribution in [-0.4, -0.2) is 11.1 Å². The van der Waals surface area contributed by atoms with Crippen LogP contribution >= 0.6 is 0 Å². The van der Waals surface area contributed by atoms with E-state index in [0.717, 1.165) is 0 Å². The molecule has 0 spiro atoms. The van der Waals surface area contributed by atoms with E-state index < -0.39 is 5.97 Å². The van der Waals surface area contributed by atoms with Gasteiger partial charge in [-0.3, -0.25) is 23.5 Å². The number of benzene rings is 1. The SMILES string of the molecule is F.F.F.F.F.O=C(O)c1ccccc1. The predicted octanol–water partition coefficient (Wildman–Crippen LogP) is 2.15. The summed E-state index contributed by atoms with van der Waals surface area (Å²) < 4.78 is 0. The zero-order chi connectivity index (χ0) is 6.69. The molecule has 1 aromatic carbocycles. The van der Waals surface area contributed by atoms with Crippen molar-refractivity contribution in [3.8, 4) is 0 Å². The molecule has 14 heavy (non-hydrogen) atoms. The number of halogens is 5. The average Bonchev–Trinajstić information content (AvgIpc) is 1.90. The van der Waals surface area contributed by atoms with Crippen LogP contribution in [-0.2, 0) is 0 Å². The van der Waals surface area contributed by atoms with Crippen LogP contribution in [0.25, 0.3) is 0 Å². The zero-order valence-electron chi connectivity index (χ0n) is 6.78. The molecular weight excluding hydrogens is 211 g/mol. The summed E-state index contributed by atoms with van der Waals surface area (Å²) in [5.41, 5.74) is 0.331. The van der Waals surface area contributed by atoms with Gasteiger partial charge in [-0.05, 0) is 12.1 Å². The van der Waals surface area contributed by atoms with Gasteiger partial charge in [0.15, 0.2) is 0 Å². The van der Waals surface area contributed by atoms with Crippen molar-refractivity contribution in [2.75, 3.05) is 0 Å². The first-order valence-corrected chi connectivity index (χ1v) is 2.59. The third-order valence-electron chi connectivity index (χ3n) is 1.02. The highest BCUT2D eigenvalue weighted by molar-refractivity contribution is 5.87. The van der Waals surface area contributed by atoms with Crippen LogP contribution < -0.4 is 0 Å². The van der Waals surface area contributed by atoms with Crippen molar-refractivity contribution >= 4 is 5.97 Å². The molecule has 1 N–H and O–H groups in total. The second-order valence-electron chi connectivity index (χ2n) is 1.67. The summed E-state index contributed by atoms with van der Waals surface area (Å²) in [4.78, 5) is 10.2. The van der Waals surface area contributed by atoms with Gasteiger partial charge in [-0.1, -0.05) is 18.2 Å². The third kappa shape index (κ3) is 8.44. The van der Waals surface area contributed by atoms with Crippen molar-refractivity contribution in [2.24, 2.45) is 0 Å². The second kappa shape index (κ2) is 13.9. The first-order chi connectivity index (χ1) is 4.30. The van der Waals surface area contributed by atoms with Crippen molar-refractivity contribution in [1.82, 2.24) is 0 Å². The van der Waals surface area contributed by atoms with Gasteiger partial charge in [-0.25, -0.2) is 4.79 Å². The number of rotatable bonds is 1. The fraction of sp³-hybridized carbons (Fsp3) is 0. The van der Waals surface area contributed by atoms with Crippen molar-refractivity contribution in [3.63, 3.8) is 0 Å². The first-order valence-electron chi connectivity index (χ1n) is 2.59. The highest BCUT2D eigenvalue weighted by Crippen LogP contribution is 1.96. The monoisotopic (exact) mass is 222 g/mol. The Morgan fingerprint density at radius 2 is 1.21 bits per heavy atom. The lowest BCUT2D eigenvalue weighted by atomic mass is 10.2. The Kier molecular flexibility index (Phi) is 29.2. The molecule has 0 atom stereocenters. The van der Waals surface area contributed by atoms with Gasteiger partial charge in [0, 0.05) is 0 Å². The fourth-order valence-corrected chi connectivity index (χ4v) is 0.581. The molecule has 86 valence electrons. The van der Waals surface area contributed by atoms with Crippen molar-refractivity contribution in [1.29, 1.82) is 0 Å². The molecule has 0 fully saturated rings. The highest BCUT2D eigenvalue weighted by atomic mass is 19.0. The largest absolute Gasteiger partial charge is 0.478 e. The van der Waals surface area contributed by atoms with Crippen LogP contribution in [0.15, 0.2) is 30.3 Å². The first kappa shape index (κ1) is 29.5. The molecule has 0 bridgehead atoms. The molecule has 2 nitrogen and oxygen atoms in total. The molecule has 0 heterocycles. The zero-order valence-corrected chi connectivity index (χ0v) is 6.78. The minimum absolute atomic E-state index is 0. The predicted molar refractivity (Wildman–Crippen MR) is 45.9 cm³/mol. The lowest BCUT2D eigenvalue weighted by Crippen LogP contribution is -1.93. The van der Waals surface area contributed by atoms with E-state index in [2.05, 4.69) is 0 Å². The van der Waals surface area contributed by atoms with E-state index in [1.807, 2.05) is 0 Å². The molecule has 0 aliphatic heterocycles. The van der Waals surface area contributed by atoms with Gasteiger partial charge in [-0.2, -0.15) is 0 Å². The van der Waals surface area contributed by atoms with Crippen LogP contribution in [0, 0.1) is 0 Å². The minimum atomic E-state index is -0.879. The maximum Gasteiger partial charge on any atom is 0.335 e. The Morgan fingerprint density at radius 1 is 0.857 bits per heavy atom. The molecular formula is C7H11F5O2. The maximum atomic E-state index is 10.2. The second-order valence-corrected chi connectivity index (χ2v) is 1.67. The van der Waals surface area contributed by atoms with Gasteiger partial charge in [0.2, 0.25) is 0 Å². The van der Waals surface area contributed by atoms with Crippen molar-refractivity contribution in [3.05, 3.63) is 35.9 Å². The quantitative estimate of drug-likeness (QED) is 0.739. The molecule has 0 saturated heterocycles. The molecule has 0 aliphatic carbocycles.